The summed E-state index contributed by atoms with van der Waals surface area (Å²) >= 11 is 3.44. The Labute approximate surface area is 96.0 Å². The molecule has 0 aliphatic rings. The highest BCUT2D eigenvalue weighted by Gasteiger charge is 2.04. The molecule has 0 aromatic rings. The van der Waals surface area contributed by atoms with Crippen molar-refractivity contribution in [3.63, 3.8) is 0 Å². The van der Waals surface area contributed by atoms with E-state index in [2.05, 4.69) is 37.1 Å². The van der Waals surface area contributed by atoms with E-state index in [1.165, 1.54) is 32.2 Å². The Morgan fingerprint density at radius 3 is 1.83 bits per heavy atom. The highest BCUT2D eigenvalue weighted by atomic mass is 79.9. The average Bonchev–Trinajstić information content (AvgIpc) is 1.85. The summed E-state index contributed by atoms with van der Waals surface area (Å²) in [7, 11) is 6.76. The average molecular weight is 303 g/mol. The maximum absolute atomic E-state index is 3.44. The van der Waals surface area contributed by atoms with Gasteiger partial charge in [0.25, 0.3) is 0 Å². The number of hydrogen-bond acceptors (Lipinski definition) is 0. The summed E-state index contributed by atoms with van der Waals surface area (Å²) in [5.41, 5.74) is 0. The minimum Gasteiger partial charge on any atom is -1.00 e. The second-order valence-electron chi connectivity index (χ2n) is 4.12. The van der Waals surface area contributed by atoms with Crippen LogP contribution in [0.25, 0.3) is 0 Å². The molecule has 0 aliphatic heterocycles. The second kappa shape index (κ2) is 8.52. The van der Waals surface area contributed by atoms with Gasteiger partial charge in [0, 0.05) is 5.33 Å². The van der Waals surface area contributed by atoms with Gasteiger partial charge < -0.3 is 21.5 Å². The third-order valence-electron chi connectivity index (χ3n) is 1.71. The van der Waals surface area contributed by atoms with Crippen molar-refractivity contribution in [1.82, 2.24) is 0 Å². The van der Waals surface area contributed by atoms with Gasteiger partial charge in [-0.3, -0.25) is 0 Å². The van der Waals surface area contributed by atoms with Crippen molar-refractivity contribution in [3.05, 3.63) is 0 Å². The summed E-state index contributed by atoms with van der Waals surface area (Å²) in [5, 5.41) is 1.16. The molecule has 3 heteroatoms. The molecule has 0 fully saturated rings. The van der Waals surface area contributed by atoms with E-state index in [4.69, 9.17) is 0 Å². The van der Waals surface area contributed by atoms with E-state index in [1.807, 2.05) is 0 Å². The standard InChI is InChI=1S/C9H21BrN.BrH/c1-11(2,3)9-7-5-4-6-8-10;/h4-9H2,1-3H3;1H/q+1;/p-1. The molecule has 1 nitrogen and oxygen atoms in total. The van der Waals surface area contributed by atoms with Crippen molar-refractivity contribution in [3.8, 4) is 0 Å². The lowest BCUT2D eigenvalue weighted by molar-refractivity contribution is -0.870. The quantitative estimate of drug-likeness (QED) is 0.358. The zero-order valence-corrected chi connectivity index (χ0v) is 11.6. The van der Waals surface area contributed by atoms with Crippen LogP contribution in [0.4, 0.5) is 0 Å². The zero-order valence-electron chi connectivity index (χ0n) is 8.45. The normalized spacial score (nSPS) is 11.0. The molecule has 0 unspecified atom stereocenters. The maximum Gasteiger partial charge on any atom is 0.0780 e. The largest absolute Gasteiger partial charge is 1.00 e. The van der Waals surface area contributed by atoms with Gasteiger partial charge in [-0.1, -0.05) is 22.4 Å². The molecule has 0 aliphatic carbocycles. The van der Waals surface area contributed by atoms with Crippen molar-refractivity contribution in [2.24, 2.45) is 0 Å². The number of hydrogen-bond donors (Lipinski definition) is 0. The van der Waals surface area contributed by atoms with Gasteiger partial charge in [-0.25, -0.2) is 0 Å². The van der Waals surface area contributed by atoms with Crippen LogP contribution < -0.4 is 17.0 Å². The minimum absolute atomic E-state index is 0. The summed E-state index contributed by atoms with van der Waals surface area (Å²) < 4.78 is 1.11. The van der Waals surface area contributed by atoms with Gasteiger partial charge in [0.05, 0.1) is 27.7 Å². The van der Waals surface area contributed by atoms with E-state index in [-0.39, 0.29) is 17.0 Å². The lowest BCUT2D eigenvalue weighted by Crippen LogP contribution is -3.00. The SMILES string of the molecule is C[N+](C)(C)CCCCCCBr.[Br-]. The third-order valence-corrected chi connectivity index (χ3v) is 2.27. The Hall–Kier alpha value is 0.920. The molecule has 12 heavy (non-hydrogen) atoms. The van der Waals surface area contributed by atoms with E-state index in [0.717, 1.165) is 9.81 Å². The summed E-state index contributed by atoms with van der Waals surface area (Å²) in [6, 6.07) is 0. The van der Waals surface area contributed by atoms with Crippen LogP contribution >= 0.6 is 15.9 Å². The van der Waals surface area contributed by atoms with Crippen LogP contribution in [0.5, 0.6) is 0 Å². The first-order valence-corrected chi connectivity index (χ1v) is 5.55. The van der Waals surface area contributed by atoms with Gasteiger partial charge in [0.1, 0.15) is 0 Å². The van der Waals surface area contributed by atoms with Crippen LogP contribution in [0.2, 0.25) is 0 Å². The molecule has 0 bridgehead atoms. The van der Waals surface area contributed by atoms with Crippen LogP contribution in [-0.4, -0.2) is 37.5 Å². The highest BCUT2D eigenvalue weighted by molar-refractivity contribution is 9.09. The minimum atomic E-state index is 0. The van der Waals surface area contributed by atoms with Gasteiger partial charge in [0.15, 0.2) is 0 Å². The maximum atomic E-state index is 3.44. The Bertz CT molecular complexity index is 89.0. The van der Waals surface area contributed by atoms with Gasteiger partial charge in [-0.05, 0) is 19.3 Å². The molecule has 0 radical (unpaired) electrons. The van der Waals surface area contributed by atoms with Gasteiger partial charge in [0.2, 0.25) is 0 Å². The van der Waals surface area contributed by atoms with Gasteiger partial charge in [-0.15, -0.1) is 0 Å². The number of quaternary nitrogens is 1. The van der Waals surface area contributed by atoms with Crippen molar-refractivity contribution in [2.45, 2.75) is 25.7 Å². The Balaban J connectivity index is 0. The van der Waals surface area contributed by atoms with Crippen LogP contribution in [-0.2, 0) is 0 Å². The first kappa shape index (κ1) is 15.4. The first-order valence-electron chi connectivity index (χ1n) is 4.43. The van der Waals surface area contributed by atoms with Crippen molar-refractivity contribution < 1.29 is 21.5 Å². The molecule has 76 valence electrons. The van der Waals surface area contributed by atoms with Crippen molar-refractivity contribution >= 4 is 15.9 Å². The molecular weight excluding hydrogens is 282 g/mol. The van der Waals surface area contributed by atoms with Crippen LogP contribution in [0.15, 0.2) is 0 Å². The van der Waals surface area contributed by atoms with E-state index < -0.39 is 0 Å². The summed E-state index contributed by atoms with van der Waals surface area (Å²) in [6.07, 6.45) is 5.47. The molecule has 0 aromatic heterocycles. The Morgan fingerprint density at radius 1 is 0.917 bits per heavy atom. The molecule has 0 amide bonds. The fraction of sp³-hybridized carbons (Fsp3) is 1.00. The first-order chi connectivity index (χ1) is 5.06. The lowest BCUT2D eigenvalue weighted by Gasteiger charge is -2.23. The number of rotatable bonds is 6. The molecule has 0 N–H and O–H groups in total. The number of unbranched alkanes of at least 4 members (excludes halogenated alkanes) is 3. The predicted octanol–water partition coefficient (Wildman–Crippen LogP) is -0.348. The Kier molecular flexibility index (Phi) is 10.9. The third kappa shape index (κ3) is 13.5. The van der Waals surface area contributed by atoms with E-state index in [0.29, 0.717) is 0 Å². The zero-order chi connectivity index (χ0) is 8.74. The lowest BCUT2D eigenvalue weighted by atomic mass is 10.2. The fourth-order valence-electron chi connectivity index (χ4n) is 1.03. The monoisotopic (exact) mass is 301 g/mol. The molecule has 0 spiro atoms. The molecule has 0 rings (SSSR count). The molecular formula is C9H21Br2N. The summed E-state index contributed by atoms with van der Waals surface area (Å²) in [5.74, 6) is 0. The number of halogens is 2. The number of nitrogens with zero attached hydrogens (tertiary/aromatic N) is 1. The predicted molar refractivity (Wildman–Crippen MR) is 55.2 cm³/mol. The van der Waals surface area contributed by atoms with E-state index in [1.54, 1.807) is 0 Å². The molecule has 0 atom stereocenters. The van der Waals surface area contributed by atoms with E-state index >= 15 is 0 Å². The van der Waals surface area contributed by atoms with E-state index in [9.17, 15) is 0 Å². The molecule has 0 saturated heterocycles. The molecule has 0 aromatic carbocycles. The second-order valence-corrected chi connectivity index (χ2v) is 4.91. The Morgan fingerprint density at radius 2 is 1.42 bits per heavy atom. The smallest absolute Gasteiger partial charge is 0.0780 e. The van der Waals surface area contributed by atoms with Crippen molar-refractivity contribution in [2.75, 3.05) is 33.0 Å². The summed E-state index contributed by atoms with van der Waals surface area (Å²) in [4.78, 5) is 0. The summed E-state index contributed by atoms with van der Waals surface area (Å²) in [6.45, 7) is 1.31. The fourth-order valence-corrected chi connectivity index (χ4v) is 1.43. The van der Waals surface area contributed by atoms with Crippen LogP contribution in [0, 0.1) is 0 Å². The van der Waals surface area contributed by atoms with Gasteiger partial charge >= 0.3 is 0 Å². The highest BCUT2D eigenvalue weighted by Crippen LogP contribution is 2.04. The van der Waals surface area contributed by atoms with Crippen LogP contribution in [0.1, 0.15) is 25.7 Å². The topological polar surface area (TPSA) is 0 Å². The molecule has 0 heterocycles. The van der Waals surface area contributed by atoms with Crippen molar-refractivity contribution in [1.29, 1.82) is 0 Å². The molecule has 0 saturated carbocycles. The van der Waals surface area contributed by atoms with Gasteiger partial charge in [-0.2, -0.15) is 0 Å². The number of alkyl halides is 1. The van der Waals surface area contributed by atoms with Crippen LogP contribution in [0.3, 0.4) is 0 Å².